The molecule has 2 N–H and O–H groups in total. The normalized spacial score (nSPS) is 16.2. The fourth-order valence-electron chi connectivity index (χ4n) is 4.36. The van der Waals surface area contributed by atoms with Gasteiger partial charge in [0.1, 0.15) is 24.2 Å². The van der Waals surface area contributed by atoms with Crippen molar-refractivity contribution in [3.05, 3.63) is 94.0 Å². The van der Waals surface area contributed by atoms with Gasteiger partial charge in [0.25, 0.3) is 0 Å². The van der Waals surface area contributed by atoms with Gasteiger partial charge in [-0.05, 0) is 67.1 Å². The average Bonchev–Trinajstić information content (AvgIpc) is 2.93. The highest BCUT2D eigenvalue weighted by Crippen LogP contribution is 2.33. The van der Waals surface area contributed by atoms with Gasteiger partial charge in [0, 0.05) is 18.6 Å². The van der Waals surface area contributed by atoms with Gasteiger partial charge in [-0.15, -0.1) is 0 Å². The molecule has 1 heterocycles. The maximum Gasteiger partial charge on any atom is 0.335 e. The van der Waals surface area contributed by atoms with E-state index in [1.807, 2.05) is 30.3 Å². The molecule has 1 aliphatic rings. The van der Waals surface area contributed by atoms with Crippen LogP contribution in [0.4, 0.5) is 0 Å². The SMILES string of the molecule is CCC(=O)c1ccc(OCc2ccc(C(OC3CCCCO3)c3cccc(C(=O)O)c3)cc2)c(C)c1O. The Labute approximate surface area is 216 Å². The number of hydrogen-bond acceptors (Lipinski definition) is 6. The van der Waals surface area contributed by atoms with Gasteiger partial charge in [0.15, 0.2) is 12.1 Å². The van der Waals surface area contributed by atoms with Crippen LogP contribution in [0.1, 0.15) is 81.7 Å². The van der Waals surface area contributed by atoms with E-state index in [9.17, 15) is 19.8 Å². The van der Waals surface area contributed by atoms with Crippen LogP contribution < -0.4 is 4.74 Å². The number of carboxylic acids is 1. The number of aromatic hydroxyl groups is 1. The number of hydrogen-bond donors (Lipinski definition) is 2. The van der Waals surface area contributed by atoms with Crippen molar-refractivity contribution in [1.82, 2.24) is 0 Å². The van der Waals surface area contributed by atoms with Crippen LogP contribution in [0.3, 0.4) is 0 Å². The Kier molecular flexibility index (Phi) is 8.58. The van der Waals surface area contributed by atoms with Crippen LogP contribution in [-0.2, 0) is 16.1 Å². The van der Waals surface area contributed by atoms with Crippen LogP contribution in [0.15, 0.2) is 60.7 Å². The fraction of sp³-hybridized carbons (Fsp3) is 0.333. The molecule has 0 bridgehead atoms. The molecule has 0 radical (unpaired) electrons. The van der Waals surface area contributed by atoms with Crippen LogP contribution >= 0.6 is 0 Å². The Morgan fingerprint density at radius 1 is 1.05 bits per heavy atom. The van der Waals surface area contributed by atoms with E-state index < -0.39 is 12.1 Å². The van der Waals surface area contributed by atoms with Crippen LogP contribution in [0.2, 0.25) is 0 Å². The van der Waals surface area contributed by atoms with Crippen molar-refractivity contribution in [3.63, 3.8) is 0 Å². The maximum absolute atomic E-state index is 12.0. The topological polar surface area (TPSA) is 102 Å². The molecule has 2 atom stereocenters. The zero-order valence-electron chi connectivity index (χ0n) is 21.1. The molecular formula is C30H32O7. The Hall–Kier alpha value is -3.68. The Bertz CT molecular complexity index is 1240. The van der Waals surface area contributed by atoms with E-state index in [0.29, 0.717) is 29.9 Å². The van der Waals surface area contributed by atoms with E-state index in [0.717, 1.165) is 36.0 Å². The van der Waals surface area contributed by atoms with Crippen LogP contribution in [0.25, 0.3) is 0 Å². The van der Waals surface area contributed by atoms with Crippen molar-refractivity contribution in [2.24, 2.45) is 0 Å². The minimum atomic E-state index is -0.990. The maximum atomic E-state index is 12.0. The number of aromatic carboxylic acids is 1. The van der Waals surface area contributed by atoms with Crippen molar-refractivity contribution >= 4 is 11.8 Å². The second-order valence-electron chi connectivity index (χ2n) is 9.13. The highest BCUT2D eigenvalue weighted by molar-refractivity contribution is 5.99. The largest absolute Gasteiger partial charge is 0.507 e. The molecule has 1 aliphatic heterocycles. The lowest BCUT2D eigenvalue weighted by Crippen LogP contribution is -2.25. The van der Waals surface area contributed by atoms with Gasteiger partial charge < -0.3 is 24.4 Å². The number of phenolic OH excluding ortho intramolecular Hbond substituents is 1. The van der Waals surface area contributed by atoms with Gasteiger partial charge in [-0.3, -0.25) is 4.79 Å². The van der Waals surface area contributed by atoms with Gasteiger partial charge >= 0.3 is 5.97 Å². The predicted octanol–water partition coefficient (Wildman–Crippen LogP) is 6.20. The van der Waals surface area contributed by atoms with Crippen LogP contribution in [0, 0.1) is 6.92 Å². The number of rotatable bonds is 10. The molecule has 1 fully saturated rings. The van der Waals surface area contributed by atoms with Gasteiger partial charge in [0.05, 0.1) is 11.1 Å². The lowest BCUT2D eigenvalue weighted by atomic mass is 9.98. The van der Waals surface area contributed by atoms with E-state index in [1.54, 1.807) is 44.2 Å². The number of carboxylic acid groups (broad SMARTS) is 1. The molecule has 0 aliphatic carbocycles. The molecule has 4 rings (SSSR count). The summed E-state index contributed by atoms with van der Waals surface area (Å²) >= 11 is 0. The highest BCUT2D eigenvalue weighted by Gasteiger charge is 2.24. The minimum Gasteiger partial charge on any atom is -0.507 e. The van der Waals surface area contributed by atoms with Crippen molar-refractivity contribution in [1.29, 1.82) is 0 Å². The van der Waals surface area contributed by atoms with Crippen molar-refractivity contribution < 1.29 is 34.0 Å². The first kappa shape index (κ1) is 26.4. The molecule has 0 spiro atoms. The average molecular weight is 505 g/mol. The summed E-state index contributed by atoms with van der Waals surface area (Å²) in [6, 6.07) is 17.8. The second kappa shape index (κ2) is 12.0. The third kappa shape index (κ3) is 6.37. The summed E-state index contributed by atoms with van der Waals surface area (Å²) in [5.41, 5.74) is 3.55. The van der Waals surface area contributed by atoms with Crippen molar-refractivity contribution in [2.75, 3.05) is 6.61 Å². The van der Waals surface area contributed by atoms with Gasteiger partial charge in [-0.1, -0.05) is 43.3 Å². The summed E-state index contributed by atoms with van der Waals surface area (Å²) in [5, 5.41) is 19.9. The molecular weight excluding hydrogens is 472 g/mol. The summed E-state index contributed by atoms with van der Waals surface area (Å²) in [7, 11) is 0. The number of Topliss-reactive ketones (excluding diaryl/α,β-unsaturated/α-hetero) is 1. The first-order valence-corrected chi connectivity index (χ1v) is 12.5. The molecule has 2 unspecified atom stereocenters. The minimum absolute atomic E-state index is 0.0480. The number of ketones is 1. The molecule has 37 heavy (non-hydrogen) atoms. The third-order valence-corrected chi connectivity index (χ3v) is 6.54. The molecule has 7 heteroatoms. The lowest BCUT2D eigenvalue weighted by molar-refractivity contribution is -0.181. The Morgan fingerprint density at radius 2 is 1.84 bits per heavy atom. The van der Waals surface area contributed by atoms with Crippen LogP contribution in [0.5, 0.6) is 11.5 Å². The molecule has 1 saturated heterocycles. The standard InChI is InChI=1S/C30H32O7/c1-3-25(31)24-14-15-26(19(2)28(24)32)36-18-20-10-12-21(13-11-20)29(37-27-9-4-5-16-35-27)22-7-6-8-23(17-22)30(33)34/h6-8,10-15,17,27,29,32H,3-5,9,16,18H2,1-2H3,(H,33,34). The first-order valence-electron chi connectivity index (χ1n) is 12.5. The first-order chi connectivity index (χ1) is 17.9. The summed E-state index contributed by atoms with van der Waals surface area (Å²) in [6.45, 7) is 4.39. The highest BCUT2D eigenvalue weighted by atomic mass is 16.7. The molecule has 0 saturated carbocycles. The molecule has 0 amide bonds. The summed E-state index contributed by atoms with van der Waals surface area (Å²) in [5.74, 6) is -0.647. The summed E-state index contributed by atoms with van der Waals surface area (Å²) < 4.78 is 18.1. The Morgan fingerprint density at radius 3 is 2.51 bits per heavy atom. The number of benzene rings is 3. The Balaban J connectivity index is 1.52. The summed E-state index contributed by atoms with van der Waals surface area (Å²) in [4.78, 5) is 23.5. The smallest absolute Gasteiger partial charge is 0.335 e. The zero-order valence-corrected chi connectivity index (χ0v) is 21.1. The molecule has 7 nitrogen and oxygen atoms in total. The number of carbonyl (C=O) groups excluding carboxylic acids is 1. The van der Waals surface area contributed by atoms with Gasteiger partial charge in [-0.25, -0.2) is 4.79 Å². The monoisotopic (exact) mass is 504 g/mol. The number of phenols is 1. The second-order valence-corrected chi connectivity index (χ2v) is 9.13. The molecule has 0 aromatic heterocycles. The molecule has 3 aromatic rings. The van der Waals surface area contributed by atoms with Gasteiger partial charge in [0.2, 0.25) is 0 Å². The van der Waals surface area contributed by atoms with Crippen molar-refractivity contribution in [3.8, 4) is 11.5 Å². The lowest BCUT2D eigenvalue weighted by Gasteiger charge is -2.28. The third-order valence-electron chi connectivity index (χ3n) is 6.54. The quantitative estimate of drug-likeness (QED) is 0.317. The van der Waals surface area contributed by atoms with Crippen LogP contribution in [-0.4, -0.2) is 34.9 Å². The zero-order chi connectivity index (χ0) is 26.4. The van der Waals surface area contributed by atoms with E-state index >= 15 is 0 Å². The van der Waals surface area contributed by atoms with E-state index in [1.165, 1.54) is 0 Å². The predicted molar refractivity (Wildman–Crippen MR) is 138 cm³/mol. The van der Waals surface area contributed by atoms with E-state index in [4.69, 9.17) is 14.2 Å². The van der Waals surface area contributed by atoms with E-state index in [-0.39, 0.29) is 30.0 Å². The van der Waals surface area contributed by atoms with E-state index in [2.05, 4.69) is 0 Å². The fourth-order valence-corrected chi connectivity index (χ4v) is 4.36. The number of carbonyl (C=O) groups is 2. The molecule has 3 aromatic carbocycles. The summed E-state index contributed by atoms with van der Waals surface area (Å²) in [6.07, 6.45) is 2.29. The number of ether oxygens (including phenoxy) is 3. The van der Waals surface area contributed by atoms with Crippen molar-refractivity contribution in [2.45, 2.75) is 58.5 Å². The molecule has 194 valence electrons. The van der Waals surface area contributed by atoms with Gasteiger partial charge in [-0.2, -0.15) is 0 Å².